The van der Waals surface area contributed by atoms with E-state index >= 15 is 0 Å². The van der Waals surface area contributed by atoms with Gasteiger partial charge in [-0.15, -0.1) is 5.10 Å². The Morgan fingerprint density at radius 1 is 1.32 bits per heavy atom. The van der Waals surface area contributed by atoms with Crippen LogP contribution in [0.25, 0.3) is 0 Å². The van der Waals surface area contributed by atoms with Crippen molar-refractivity contribution in [3.05, 3.63) is 18.0 Å². The molecule has 9 heteroatoms. The van der Waals surface area contributed by atoms with Crippen LogP contribution in [0, 0.1) is 0 Å². The van der Waals surface area contributed by atoms with E-state index in [1.54, 1.807) is 4.68 Å². The number of hydrogen-bond acceptors (Lipinski definition) is 7. The number of tetrazole rings is 1. The summed E-state index contributed by atoms with van der Waals surface area (Å²) in [4.78, 5) is 19.3. The minimum Gasteiger partial charge on any atom is -0.343 e. The van der Waals surface area contributed by atoms with Crippen molar-refractivity contribution in [2.24, 2.45) is 0 Å². The molecule has 0 unspecified atom stereocenters. The lowest BCUT2D eigenvalue weighted by Crippen LogP contribution is -2.40. The van der Waals surface area contributed by atoms with Crippen LogP contribution in [0.15, 0.2) is 10.9 Å². The van der Waals surface area contributed by atoms with Gasteiger partial charge in [0, 0.05) is 12.0 Å². The Morgan fingerprint density at radius 3 is 2.80 bits per heavy atom. The molecule has 9 nitrogen and oxygen atoms in total. The van der Waals surface area contributed by atoms with E-state index < -0.39 is 6.04 Å². The third-order valence-electron chi connectivity index (χ3n) is 4.60. The van der Waals surface area contributed by atoms with E-state index in [2.05, 4.69) is 25.7 Å². The molecule has 3 heterocycles. The molecule has 0 bridgehead atoms. The van der Waals surface area contributed by atoms with Crippen LogP contribution in [-0.4, -0.2) is 47.7 Å². The minimum atomic E-state index is -0.489. The highest BCUT2D eigenvalue weighted by Gasteiger charge is 2.35. The van der Waals surface area contributed by atoms with Gasteiger partial charge in [-0.25, -0.2) is 4.68 Å². The van der Waals surface area contributed by atoms with Crippen molar-refractivity contribution in [1.29, 1.82) is 0 Å². The van der Waals surface area contributed by atoms with Crippen LogP contribution in [0.3, 0.4) is 0 Å². The van der Waals surface area contributed by atoms with Gasteiger partial charge in [0.2, 0.25) is 12.3 Å². The first-order valence-electron chi connectivity index (χ1n) is 8.74. The first kappa shape index (κ1) is 17.5. The standard InChI is InChI=1S/C16H25N7O2/c1-11(23-15(16(2,3)4)18-20-21-23)14(24)22-9-7-5-6-8-12(22)13-17-10-25-19-13/h10-12H,5-9H2,1-4H3/t11-,12-/m1/s1. The van der Waals surface area contributed by atoms with Crippen molar-refractivity contribution < 1.29 is 9.32 Å². The van der Waals surface area contributed by atoms with Crippen LogP contribution in [0.5, 0.6) is 0 Å². The average Bonchev–Trinajstić information content (AvgIpc) is 3.21. The van der Waals surface area contributed by atoms with Crippen LogP contribution >= 0.6 is 0 Å². The van der Waals surface area contributed by atoms with E-state index in [0.717, 1.165) is 25.7 Å². The predicted molar refractivity (Wildman–Crippen MR) is 88.4 cm³/mol. The van der Waals surface area contributed by atoms with Crippen LogP contribution in [0.4, 0.5) is 0 Å². The van der Waals surface area contributed by atoms with Crippen molar-refractivity contribution in [1.82, 2.24) is 35.2 Å². The van der Waals surface area contributed by atoms with E-state index in [4.69, 9.17) is 4.52 Å². The third-order valence-corrected chi connectivity index (χ3v) is 4.60. The summed E-state index contributed by atoms with van der Waals surface area (Å²) < 4.78 is 6.52. The molecule has 1 saturated heterocycles. The van der Waals surface area contributed by atoms with Crippen LogP contribution in [0.1, 0.15) is 77.1 Å². The highest BCUT2D eigenvalue weighted by Crippen LogP contribution is 2.31. The second-order valence-electron chi connectivity index (χ2n) is 7.56. The van der Waals surface area contributed by atoms with Gasteiger partial charge in [0.25, 0.3) is 0 Å². The van der Waals surface area contributed by atoms with Gasteiger partial charge in [0.05, 0.1) is 6.04 Å². The number of nitrogens with zero attached hydrogens (tertiary/aromatic N) is 7. The molecule has 0 N–H and O–H groups in total. The fourth-order valence-electron chi connectivity index (χ4n) is 3.26. The summed E-state index contributed by atoms with van der Waals surface area (Å²) in [5, 5.41) is 15.9. The molecule has 25 heavy (non-hydrogen) atoms. The topological polar surface area (TPSA) is 103 Å². The second kappa shape index (κ2) is 6.89. The van der Waals surface area contributed by atoms with Gasteiger partial charge in [-0.05, 0) is 30.2 Å². The lowest BCUT2D eigenvalue weighted by atomic mass is 9.95. The van der Waals surface area contributed by atoms with Crippen LogP contribution < -0.4 is 0 Å². The zero-order chi connectivity index (χ0) is 18.0. The lowest BCUT2D eigenvalue weighted by Gasteiger charge is -2.31. The fourth-order valence-corrected chi connectivity index (χ4v) is 3.26. The van der Waals surface area contributed by atoms with Gasteiger partial charge in [-0.3, -0.25) is 4.79 Å². The Morgan fingerprint density at radius 2 is 2.12 bits per heavy atom. The Balaban J connectivity index is 1.88. The van der Waals surface area contributed by atoms with E-state index in [1.807, 2.05) is 32.6 Å². The van der Waals surface area contributed by atoms with Gasteiger partial charge in [0.15, 0.2) is 11.6 Å². The van der Waals surface area contributed by atoms with E-state index in [0.29, 0.717) is 18.2 Å². The van der Waals surface area contributed by atoms with Gasteiger partial charge < -0.3 is 9.42 Å². The number of rotatable bonds is 3. The van der Waals surface area contributed by atoms with E-state index in [1.165, 1.54) is 6.39 Å². The third kappa shape index (κ3) is 3.54. The number of amides is 1. The van der Waals surface area contributed by atoms with Gasteiger partial charge in [0.1, 0.15) is 6.04 Å². The number of carbonyl (C=O) groups excluding carboxylic acids is 1. The first-order chi connectivity index (χ1) is 11.9. The summed E-state index contributed by atoms with van der Waals surface area (Å²) in [7, 11) is 0. The Labute approximate surface area is 146 Å². The summed E-state index contributed by atoms with van der Waals surface area (Å²) in [6, 6.07) is -0.650. The molecular weight excluding hydrogens is 322 g/mol. The Kier molecular flexibility index (Phi) is 4.82. The van der Waals surface area contributed by atoms with Gasteiger partial charge in [-0.1, -0.05) is 38.8 Å². The molecule has 0 radical (unpaired) electrons. The molecule has 3 rings (SSSR count). The van der Waals surface area contributed by atoms with E-state index in [-0.39, 0.29) is 17.4 Å². The molecule has 2 aromatic heterocycles. The monoisotopic (exact) mass is 347 g/mol. The maximum Gasteiger partial charge on any atom is 0.247 e. The SMILES string of the molecule is C[C@H](C(=O)N1CCCCC[C@@H]1c1ncon1)n1nnnc1C(C)(C)C. The molecule has 0 spiro atoms. The zero-order valence-electron chi connectivity index (χ0n) is 15.2. The molecule has 136 valence electrons. The molecule has 1 amide bonds. The van der Waals surface area contributed by atoms with Crippen molar-refractivity contribution in [3.63, 3.8) is 0 Å². The summed E-state index contributed by atoms with van der Waals surface area (Å²) >= 11 is 0. The molecule has 0 aliphatic carbocycles. The summed E-state index contributed by atoms with van der Waals surface area (Å²) in [5.41, 5.74) is -0.246. The van der Waals surface area contributed by atoms with Crippen molar-refractivity contribution >= 4 is 5.91 Å². The van der Waals surface area contributed by atoms with Crippen molar-refractivity contribution in [2.45, 2.75) is 70.9 Å². The highest BCUT2D eigenvalue weighted by atomic mass is 16.5. The maximum absolute atomic E-state index is 13.3. The summed E-state index contributed by atoms with van der Waals surface area (Å²) in [6.45, 7) is 8.60. The molecule has 0 saturated carbocycles. The van der Waals surface area contributed by atoms with Crippen LogP contribution in [0.2, 0.25) is 0 Å². The Bertz CT molecular complexity index is 704. The molecule has 2 aromatic rings. The second-order valence-corrected chi connectivity index (χ2v) is 7.56. The van der Waals surface area contributed by atoms with Gasteiger partial charge in [-0.2, -0.15) is 4.98 Å². The summed E-state index contributed by atoms with van der Waals surface area (Å²) in [5.74, 6) is 1.24. The van der Waals surface area contributed by atoms with Crippen LogP contribution in [-0.2, 0) is 10.2 Å². The number of hydrogen-bond donors (Lipinski definition) is 0. The number of aromatic nitrogens is 6. The first-order valence-corrected chi connectivity index (χ1v) is 8.74. The lowest BCUT2D eigenvalue weighted by molar-refractivity contribution is -0.137. The largest absolute Gasteiger partial charge is 0.343 e. The zero-order valence-corrected chi connectivity index (χ0v) is 15.2. The maximum atomic E-state index is 13.3. The number of likely N-dealkylation sites (tertiary alicyclic amines) is 1. The molecule has 0 aromatic carbocycles. The normalized spacial score (nSPS) is 20.3. The van der Waals surface area contributed by atoms with E-state index in [9.17, 15) is 4.79 Å². The average molecular weight is 347 g/mol. The fraction of sp³-hybridized carbons (Fsp3) is 0.750. The molecule has 1 aliphatic rings. The van der Waals surface area contributed by atoms with Crippen molar-refractivity contribution in [3.8, 4) is 0 Å². The highest BCUT2D eigenvalue weighted by molar-refractivity contribution is 5.80. The predicted octanol–water partition coefficient (Wildman–Crippen LogP) is 2.06. The minimum absolute atomic E-state index is 0.0190. The molecular formula is C16H25N7O2. The number of carbonyl (C=O) groups is 1. The molecule has 1 fully saturated rings. The summed E-state index contributed by atoms with van der Waals surface area (Å²) in [6.07, 6.45) is 5.24. The molecule has 1 aliphatic heterocycles. The smallest absolute Gasteiger partial charge is 0.247 e. The quantitative estimate of drug-likeness (QED) is 0.837. The van der Waals surface area contributed by atoms with Crippen molar-refractivity contribution in [2.75, 3.05) is 6.54 Å². The van der Waals surface area contributed by atoms with Gasteiger partial charge >= 0.3 is 0 Å². The molecule has 2 atom stereocenters. The Hall–Kier alpha value is -2.32.